The molecular weight excluding hydrogens is 489 g/mol. The second-order valence-electron chi connectivity index (χ2n) is 9.68. The summed E-state index contributed by atoms with van der Waals surface area (Å²) in [5.41, 5.74) is 1.04. The number of amidine groups is 1. The molecule has 0 radical (unpaired) electrons. The lowest BCUT2D eigenvalue weighted by Gasteiger charge is -2.54. The minimum absolute atomic E-state index is 0.00711. The summed E-state index contributed by atoms with van der Waals surface area (Å²) in [5, 5.41) is 12.0. The lowest BCUT2D eigenvalue weighted by Crippen LogP contribution is -2.51. The molecule has 1 aromatic heterocycles. The van der Waals surface area contributed by atoms with Crippen LogP contribution >= 0.6 is 0 Å². The number of nitrogens with one attached hydrogen (secondary N) is 2. The average Bonchev–Trinajstić information content (AvgIpc) is 3.38. The number of hydroxylamine groups is 1. The van der Waals surface area contributed by atoms with Gasteiger partial charge in [-0.15, -0.1) is 0 Å². The van der Waals surface area contributed by atoms with Crippen LogP contribution in [0.25, 0.3) is 0 Å². The van der Waals surface area contributed by atoms with Gasteiger partial charge in [-0.3, -0.25) is 4.79 Å². The first-order valence-electron chi connectivity index (χ1n) is 11.4. The highest BCUT2D eigenvalue weighted by atomic mass is 19.4. The number of nitrogens with zero attached hydrogens (tertiary/aromatic N) is 3. The second-order valence-corrected chi connectivity index (χ2v) is 9.68. The molecule has 1 aliphatic heterocycles. The first-order valence-corrected chi connectivity index (χ1v) is 11.4. The minimum Gasteiger partial charge on any atom is -0.503 e. The molecule has 8 nitrogen and oxygen atoms in total. The normalized spacial score (nSPS) is 27.5. The first-order chi connectivity index (χ1) is 17.0. The van der Waals surface area contributed by atoms with Gasteiger partial charge in [-0.05, 0) is 56.1 Å². The van der Waals surface area contributed by atoms with Crippen LogP contribution in [0.1, 0.15) is 60.3 Å². The zero-order chi connectivity index (χ0) is 25.7. The molecule has 1 unspecified atom stereocenters. The summed E-state index contributed by atoms with van der Waals surface area (Å²) in [4.78, 5) is 30.1. The Morgan fingerprint density at radius 2 is 1.67 bits per heavy atom. The number of phenols is 1. The monoisotopic (exact) mass is 511 g/mol. The Hall–Kier alpha value is -3.35. The Morgan fingerprint density at radius 3 is 2.22 bits per heavy atom. The predicted molar refractivity (Wildman–Crippen MR) is 115 cm³/mol. The van der Waals surface area contributed by atoms with E-state index in [4.69, 9.17) is 4.84 Å². The van der Waals surface area contributed by atoms with Gasteiger partial charge in [0.05, 0.1) is 5.56 Å². The zero-order valence-electron chi connectivity index (χ0n) is 18.8. The summed E-state index contributed by atoms with van der Waals surface area (Å²) in [6, 6.07) is 1.58. The Labute approximate surface area is 202 Å². The van der Waals surface area contributed by atoms with Crippen LogP contribution in [-0.2, 0) is 11.0 Å². The van der Waals surface area contributed by atoms with E-state index < -0.39 is 41.3 Å². The van der Waals surface area contributed by atoms with Crippen molar-refractivity contribution < 1.29 is 36.7 Å². The third-order valence-corrected chi connectivity index (χ3v) is 7.59. The van der Waals surface area contributed by atoms with Crippen molar-refractivity contribution in [3.63, 3.8) is 0 Å². The number of aromatic nitrogens is 2. The number of phenolic OH excluding ortho intramolecular Hbond substituents is 1. The van der Waals surface area contributed by atoms with E-state index in [2.05, 4.69) is 25.8 Å². The van der Waals surface area contributed by atoms with Gasteiger partial charge in [-0.1, -0.05) is 0 Å². The second kappa shape index (κ2) is 8.64. The molecule has 1 amide bonds. The fourth-order valence-corrected chi connectivity index (χ4v) is 5.24. The van der Waals surface area contributed by atoms with Crippen molar-refractivity contribution in [1.29, 1.82) is 0 Å². The highest BCUT2D eigenvalue weighted by molar-refractivity contribution is 5.95. The number of alkyl halides is 3. The van der Waals surface area contributed by atoms with Gasteiger partial charge in [0.15, 0.2) is 35.3 Å². The van der Waals surface area contributed by atoms with Crippen LogP contribution in [0.3, 0.4) is 0 Å². The predicted octanol–water partition coefficient (Wildman–Crippen LogP) is 3.86. The summed E-state index contributed by atoms with van der Waals surface area (Å²) in [5.74, 6) is -3.98. The van der Waals surface area contributed by atoms with Crippen LogP contribution in [0, 0.1) is 22.5 Å². The number of benzene rings is 1. The van der Waals surface area contributed by atoms with Gasteiger partial charge < -0.3 is 10.4 Å². The number of hydrogen-bond donors (Lipinski definition) is 3. The summed E-state index contributed by atoms with van der Waals surface area (Å²) < 4.78 is 65.4. The Bertz CT molecular complexity index is 1170. The maximum atomic E-state index is 13.6. The third kappa shape index (κ3) is 4.36. The van der Waals surface area contributed by atoms with Crippen LogP contribution < -0.4 is 10.8 Å². The van der Waals surface area contributed by atoms with Crippen LogP contribution in [0.15, 0.2) is 29.5 Å². The molecule has 3 N–H and O–H groups in total. The van der Waals surface area contributed by atoms with E-state index in [0.29, 0.717) is 18.9 Å². The van der Waals surface area contributed by atoms with Crippen molar-refractivity contribution in [3.05, 3.63) is 53.1 Å². The number of amides is 1. The van der Waals surface area contributed by atoms with Crippen molar-refractivity contribution in [1.82, 2.24) is 20.8 Å². The van der Waals surface area contributed by atoms with Crippen LogP contribution in [0.2, 0.25) is 0 Å². The highest BCUT2D eigenvalue weighted by Gasteiger charge is 2.54. The number of hydrogen-bond acceptors (Lipinski definition) is 7. The van der Waals surface area contributed by atoms with E-state index in [9.17, 15) is 31.9 Å². The number of aliphatic imine (C=N–C) groups is 1. The molecule has 0 saturated heterocycles. The maximum absolute atomic E-state index is 13.6. The molecule has 36 heavy (non-hydrogen) atoms. The molecule has 13 heteroatoms. The molecule has 2 heterocycles. The fourth-order valence-electron chi connectivity index (χ4n) is 5.24. The summed E-state index contributed by atoms with van der Waals surface area (Å²) >= 11 is 0. The number of carbonyl (C=O) groups is 1. The average molecular weight is 511 g/mol. The number of rotatable bonds is 5. The van der Waals surface area contributed by atoms with E-state index >= 15 is 0 Å². The molecule has 2 aromatic rings. The van der Waals surface area contributed by atoms with E-state index in [1.165, 1.54) is 0 Å². The SMILES string of the molecule is O=C(NCC12CCC(C3N=C(c4ncc(C(F)(F)F)cn4)NO3)(CC1)CC2)c1cc(F)c(O)c(F)c1. The Balaban J connectivity index is 1.21. The fraction of sp³-hybridized carbons (Fsp3) is 0.478. The topological polar surface area (TPSA) is 109 Å². The molecule has 3 aliphatic carbocycles. The maximum Gasteiger partial charge on any atom is 0.419 e. The van der Waals surface area contributed by atoms with Gasteiger partial charge >= 0.3 is 6.18 Å². The lowest BCUT2D eigenvalue weighted by molar-refractivity contribution is -0.138. The van der Waals surface area contributed by atoms with Gasteiger partial charge in [-0.25, -0.2) is 34.1 Å². The molecule has 1 aromatic carbocycles. The van der Waals surface area contributed by atoms with Crippen molar-refractivity contribution in [2.45, 2.75) is 50.9 Å². The van der Waals surface area contributed by atoms with Crippen molar-refractivity contribution in [2.24, 2.45) is 15.8 Å². The quantitative estimate of drug-likeness (QED) is 0.527. The molecular formula is C23H22F5N5O3. The molecule has 3 fully saturated rings. The first kappa shape index (κ1) is 24.3. The standard InChI is InChI=1S/C23H22F5N5O3/c24-14-7-12(8-15(25)16(14)34)19(35)31-11-21-1-4-22(5-2-21,6-3-21)20-32-18(33-36-20)17-29-9-13(10-30-17)23(26,27)28/h7-10,20,34H,1-6,11H2,(H,31,35)(H,32,33). The molecule has 1 atom stereocenters. The third-order valence-electron chi connectivity index (χ3n) is 7.59. The van der Waals surface area contributed by atoms with E-state index in [-0.39, 0.29) is 28.1 Å². The molecule has 192 valence electrons. The van der Waals surface area contributed by atoms with Gasteiger partial charge in [0.1, 0.15) is 0 Å². The number of aromatic hydroxyl groups is 1. The summed E-state index contributed by atoms with van der Waals surface area (Å²) in [7, 11) is 0. The summed E-state index contributed by atoms with van der Waals surface area (Å²) in [6.45, 7) is 0.337. The van der Waals surface area contributed by atoms with E-state index in [0.717, 1.165) is 50.7 Å². The minimum atomic E-state index is -4.53. The van der Waals surface area contributed by atoms with Crippen LogP contribution in [0.5, 0.6) is 5.75 Å². The Kier molecular flexibility index (Phi) is 5.85. The molecule has 4 aliphatic rings. The Morgan fingerprint density at radius 1 is 1.08 bits per heavy atom. The van der Waals surface area contributed by atoms with Crippen molar-refractivity contribution in [3.8, 4) is 5.75 Å². The number of fused-ring (bicyclic) bond motifs is 3. The smallest absolute Gasteiger partial charge is 0.419 e. The van der Waals surface area contributed by atoms with Crippen molar-refractivity contribution >= 4 is 11.7 Å². The molecule has 3 saturated carbocycles. The molecule has 2 bridgehead atoms. The number of halogens is 5. The van der Waals surface area contributed by atoms with E-state index in [1.807, 2.05) is 0 Å². The van der Waals surface area contributed by atoms with Gasteiger partial charge in [0, 0.05) is 29.9 Å². The molecule has 6 rings (SSSR count). The van der Waals surface area contributed by atoms with Crippen LogP contribution in [0.4, 0.5) is 22.0 Å². The van der Waals surface area contributed by atoms with Crippen LogP contribution in [-0.4, -0.2) is 39.6 Å². The zero-order valence-corrected chi connectivity index (χ0v) is 18.8. The number of carbonyl (C=O) groups excluding carboxylic acids is 1. The van der Waals surface area contributed by atoms with E-state index in [1.54, 1.807) is 0 Å². The van der Waals surface area contributed by atoms with Gasteiger partial charge in [0.25, 0.3) is 5.91 Å². The largest absolute Gasteiger partial charge is 0.503 e. The van der Waals surface area contributed by atoms with Gasteiger partial charge in [-0.2, -0.15) is 13.2 Å². The highest BCUT2D eigenvalue weighted by Crippen LogP contribution is 2.59. The summed E-state index contributed by atoms with van der Waals surface area (Å²) in [6.07, 6.45) is 0.884. The lowest BCUT2D eigenvalue weighted by atomic mass is 9.53. The van der Waals surface area contributed by atoms with Crippen molar-refractivity contribution in [2.75, 3.05) is 6.54 Å². The van der Waals surface area contributed by atoms with Gasteiger partial charge in [0.2, 0.25) is 0 Å². The molecule has 0 spiro atoms.